The molecule has 0 aromatic heterocycles. The Labute approximate surface area is 153 Å². The van der Waals surface area contributed by atoms with Gasteiger partial charge >= 0.3 is 5.97 Å². The number of rotatable bonds is 7. The van der Waals surface area contributed by atoms with Crippen LogP contribution in [0.3, 0.4) is 0 Å². The van der Waals surface area contributed by atoms with E-state index in [1.807, 2.05) is 41.5 Å². The average Bonchev–Trinajstić information content (AvgIpc) is 2.23. The van der Waals surface area contributed by atoms with Crippen molar-refractivity contribution in [3.05, 3.63) is 10.4 Å². The number of hydrogen-bond donors (Lipinski definition) is 0. The standard InChI is InChI=1S/C15H27N3O2S3/c1-10(2)22-12(21)23-15(7,8)11(19)20-14(5,6)9-13(3,4)17-18-16/h10H,9H2,1-8H3. The highest BCUT2D eigenvalue weighted by Crippen LogP contribution is 2.36. The molecule has 0 amide bonds. The van der Waals surface area contributed by atoms with Crippen LogP contribution in [0.2, 0.25) is 0 Å². The second-order valence-corrected chi connectivity index (χ2v) is 11.8. The zero-order chi connectivity index (χ0) is 18.5. The molecular weight excluding hydrogens is 350 g/mol. The number of carbonyl (C=O) groups is 1. The van der Waals surface area contributed by atoms with Crippen molar-refractivity contribution in [2.75, 3.05) is 0 Å². The molecule has 0 spiro atoms. The van der Waals surface area contributed by atoms with Gasteiger partial charge in [-0.25, -0.2) is 0 Å². The zero-order valence-electron chi connectivity index (χ0n) is 15.2. The van der Waals surface area contributed by atoms with Crippen molar-refractivity contribution in [1.29, 1.82) is 0 Å². The summed E-state index contributed by atoms with van der Waals surface area (Å²) >= 11 is 8.23. The lowest BCUT2D eigenvalue weighted by Crippen LogP contribution is -2.41. The topological polar surface area (TPSA) is 75.1 Å². The van der Waals surface area contributed by atoms with Gasteiger partial charge in [0.15, 0.2) is 0 Å². The number of ether oxygens (including phenoxy) is 1. The SMILES string of the molecule is CC(C)SC(=S)SC(C)(C)C(=O)OC(C)(C)CC(C)(C)N=[N+]=[N-]. The number of azide groups is 1. The van der Waals surface area contributed by atoms with Crippen molar-refractivity contribution < 1.29 is 9.53 Å². The van der Waals surface area contributed by atoms with Gasteiger partial charge in [0.1, 0.15) is 13.9 Å². The van der Waals surface area contributed by atoms with Crippen molar-refractivity contribution in [1.82, 2.24) is 0 Å². The molecule has 0 heterocycles. The Balaban J connectivity index is 4.88. The molecule has 0 aromatic carbocycles. The molecular formula is C15H27N3O2S3. The normalized spacial score (nSPS) is 12.7. The van der Waals surface area contributed by atoms with Gasteiger partial charge in [-0.15, -0.1) is 11.8 Å². The molecule has 0 aliphatic carbocycles. The lowest BCUT2D eigenvalue weighted by atomic mass is 9.90. The van der Waals surface area contributed by atoms with Crippen LogP contribution >= 0.6 is 35.7 Å². The van der Waals surface area contributed by atoms with Crippen LogP contribution in [0.25, 0.3) is 10.4 Å². The maximum absolute atomic E-state index is 12.5. The Hall–Kier alpha value is -0.430. The van der Waals surface area contributed by atoms with Crippen LogP contribution in [0.1, 0.15) is 61.8 Å². The highest BCUT2D eigenvalue weighted by Gasteiger charge is 2.38. The van der Waals surface area contributed by atoms with Gasteiger partial charge in [-0.3, -0.25) is 4.79 Å². The van der Waals surface area contributed by atoms with Gasteiger partial charge in [0.25, 0.3) is 0 Å². The van der Waals surface area contributed by atoms with E-state index in [0.29, 0.717) is 11.7 Å². The van der Waals surface area contributed by atoms with Crippen molar-refractivity contribution in [2.45, 2.75) is 82.9 Å². The fourth-order valence-corrected chi connectivity index (χ4v) is 5.60. The van der Waals surface area contributed by atoms with E-state index in [-0.39, 0.29) is 5.97 Å². The van der Waals surface area contributed by atoms with Gasteiger partial charge in [0.2, 0.25) is 0 Å². The summed E-state index contributed by atoms with van der Waals surface area (Å²) in [4.78, 5) is 15.4. The van der Waals surface area contributed by atoms with Gasteiger partial charge < -0.3 is 4.74 Å². The molecule has 0 saturated heterocycles. The Morgan fingerprint density at radius 3 is 2.22 bits per heavy atom. The third-order valence-corrected chi connectivity index (χ3v) is 5.29. The summed E-state index contributed by atoms with van der Waals surface area (Å²) in [6, 6.07) is 0. The van der Waals surface area contributed by atoms with E-state index in [2.05, 4.69) is 23.9 Å². The van der Waals surface area contributed by atoms with Crippen LogP contribution in [0.15, 0.2) is 5.11 Å². The Bertz CT molecular complexity index is 496. The minimum Gasteiger partial charge on any atom is -0.459 e. The van der Waals surface area contributed by atoms with Gasteiger partial charge in [0.05, 0.1) is 0 Å². The Kier molecular flexibility index (Phi) is 8.44. The molecule has 0 N–H and O–H groups in total. The summed E-state index contributed by atoms with van der Waals surface area (Å²) < 4.78 is 5.64. The monoisotopic (exact) mass is 377 g/mol. The zero-order valence-corrected chi connectivity index (χ0v) is 17.6. The predicted molar refractivity (Wildman–Crippen MR) is 105 cm³/mol. The minimum atomic E-state index is -0.765. The molecule has 8 heteroatoms. The maximum Gasteiger partial charge on any atom is 0.322 e. The quantitative estimate of drug-likeness (QED) is 0.186. The van der Waals surface area contributed by atoms with E-state index in [4.69, 9.17) is 22.5 Å². The van der Waals surface area contributed by atoms with E-state index in [9.17, 15) is 4.79 Å². The van der Waals surface area contributed by atoms with E-state index < -0.39 is 15.9 Å². The summed E-state index contributed by atoms with van der Waals surface area (Å²) in [5, 5.41) is 4.13. The first-order chi connectivity index (χ1) is 10.2. The molecule has 0 atom stereocenters. The third-order valence-electron chi connectivity index (χ3n) is 2.70. The van der Waals surface area contributed by atoms with Crippen LogP contribution in [0, 0.1) is 0 Å². The average molecular weight is 378 g/mol. The van der Waals surface area contributed by atoms with Gasteiger partial charge in [-0.1, -0.05) is 56.8 Å². The van der Waals surface area contributed by atoms with Crippen LogP contribution in [-0.2, 0) is 9.53 Å². The first-order valence-corrected chi connectivity index (χ1v) is 9.50. The van der Waals surface area contributed by atoms with Crippen molar-refractivity contribution in [3.8, 4) is 0 Å². The van der Waals surface area contributed by atoms with Gasteiger partial charge in [-0.2, -0.15) is 0 Å². The van der Waals surface area contributed by atoms with Crippen LogP contribution in [0.4, 0.5) is 0 Å². The number of nitrogens with zero attached hydrogens (tertiary/aromatic N) is 3. The van der Waals surface area contributed by atoms with Gasteiger partial charge in [-0.05, 0) is 39.6 Å². The van der Waals surface area contributed by atoms with Crippen molar-refractivity contribution in [2.24, 2.45) is 5.11 Å². The second kappa shape index (κ2) is 8.60. The lowest BCUT2D eigenvalue weighted by Gasteiger charge is -2.34. The summed E-state index contributed by atoms with van der Waals surface area (Å²) in [6.45, 7) is 15.0. The van der Waals surface area contributed by atoms with Gasteiger partial charge in [0, 0.05) is 15.7 Å². The van der Waals surface area contributed by atoms with E-state index in [1.165, 1.54) is 11.8 Å². The maximum atomic E-state index is 12.5. The number of esters is 1. The molecule has 5 nitrogen and oxygen atoms in total. The molecule has 0 rings (SSSR count). The van der Waals surface area contributed by atoms with Crippen LogP contribution in [-0.4, -0.2) is 30.6 Å². The smallest absolute Gasteiger partial charge is 0.322 e. The van der Waals surface area contributed by atoms with Crippen molar-refractivity contribution >= 4 is 45.2 Å². The van der Waals surface area contributed by atoms with Crippen LogP contribution in [0.5, 0.6) is 0 Å². The molecule has 0 aliphatic rings. The summed E-state index contributed by atoms with van der Waals surface area (Å²) in [6.07, 6.45) is 0.432. The molecule has 23 heavy (non-hydrogen) atoms. The fourth-order valence-electron chi connectivity index (χ4n) is 2.07. The highest BCUT2D eigenvalue weighted by molar-refractivity contribution is 8.47. The molecule has 0 bridgehead atoms. The molecule has 0 fully saturated rings. The minimum absolute atomic E-state index is 0.323. The summed E-state index contributed by atoms with van der Waals surface area (Å²) in [5.74, 6) is -0.323. The van der Waals surface area contributed by atoms with E-state index >= 15 is 0 Å². The lowest BCUT2D eigenvalue weighted by molar-refractivity contribution is -0.160. The largest absolute Gasteiger partial charge is 0.459 e. The third kappa shape index (κ3) is 9.45. The highest BCUT2D eigenvalue weighted by atomic mass is 32.2. The first kappa shape index (κ1) is 22.6. The molecule has 0 unspecified atom stereocenters. The number of hydrogen-bond acceptors (Lipinski definition) is 6. The van der Waals surface area contributed by atoms with E-state index in [0.717, 1.165) is 3.53 Å². The number of thiocarbonyl (C=S) groups is 1. The first-order valence-electron chi connectivity index (χ1n) is 7.40. The number of thioether (sulfide) groups is 2. The molecule has 0 radical (unpaired) electrons. The van der Waals surface area contributed by atoms with E-state index in [1.54, 1.807) is 11.8 Å². The molecule has 132 valence electrons. The Morgan fingerprint density at radius 1 is 1.26 bits per heavy atom. The fraction of sp³-hybridized carbons (Fsp3) is 0.867. The number of carbonyl (C=O) groups excluding carboxylic acids is 1. The molecule has 0 aromatic rings. The Morgan fingerprint density at radius 2 is 1.78 bits per heavy atom. The molecule has 0 saturated carbocycles. The van der Waals surface area contributed by atoms with Crippen molar-refractivity contribution in [3.63, 3.8) is 0 Å². The molecule has 0 aliphatic heterocycles. The second-order valence-electron chi connectivity index (χ2n) is 7.36. The summed E-state index contributed by atoms with van der Waals surface area (Å²) in [7, 11) is 0. The van der Waals surface area contributed by atoms with Crippen LogP contribution < -0.4 is 0 Å². The summed E-state index contributed by atoms with van der Waals surface area (Å²) in [5.41, 5.74) is 7.25. The predicted octanol–water partition coefficient (Wildman–Crippen LogP) is 5.73.